The minimum atomic E-state index is -0.370. The number of H-pyrrole nitrogens is 1. The second kappa shape index (κ2) is 8.51. The number of ether oxygens (including phenoxy) is 1. The van der Waals surface area contributed by atoms with Crippen LogP contribution in [0.25, 0.3) is 0 Å². The van der Waals surface area contributed by atoms with Gasteiger partial charge in [-0.05, 0) is 40.0 Å². The van der Waals surface area contributed by atoms with E-state index in [1.807, 2.05) is 32.2 Å². The van der Waals surface area contributed by atoms with E-state index in [9.17, 15) is 9.59 Å². The second-order valence-electron chi connectivity index (χ2n) is 7.15. The minimum Gasteiger partial charge on any atom is -0.446 e. The van der Waals surface area contributed by atoms with E-state index < -0.39 is 0 Å². The van der Waals surface area contributed by atoms with Crippen LogP contribution in [0.15, 0.2) is 11.4 Å². The summed E-state index contributed by atoms with van der Waals surface area (Å²) in [4.78, 5) is 28.1. The normalized spacial score (nSPS) is 19.3. The fraction of sp³-hybridized carbons (Fsp3) is 0.556. The number of hydrogen-bond acceptors (Lipinski definition) is 6. The zero-order valence-electron chi connectivity index (χ0n) is 15.7. The summed E-state index contributed by atoms with van der Waals surface area (Å²) in [6.07, 6.45) is 2.26. The summed E-state index contributed by atoms with van der Waals surface area (Å²) in [5, 5.41) is 15.4. The summed E-state index contributed by atoms with van der Waals surface area (Å²) >= 11 is 1.48. The Labute approximate surface area is 162 Å². The maximum atomic E-state index is 12.1. The molecule has 27 heavy (non-hydrogen) atoms. The van der Waals surface area contributed by atoms with Gasteiger partial charge < -0.3 is 15.4 Å². The highest BCUT2D eigenvalue weighted by Gasteiger charge is 2.30. The van der Waals surface area contributed by atoms with Crippen molar-refractivity contribution in [3.63, 3.8) is 0 Å². The molecule has 0 saturated heterocycles. The van der Waals surface area contributed by atoms with Crippen molar-refractivity contribution < 1.29 is 14.3 Å². The quantitative estimate of drug-likeness (QED) is 0.701. The average Bonchev–Trinajstić information content (AvgIpc) is 3.28. The molecule has 2 atom stereocenters. The molecule has 1 fully saturated rings. The fourth-order valence-electron chi connectivity index (χ4n) is 3.17. The number of anilines is 1. The number of aromatic nitrogens is 3. The molecular formula is C18H25N5O3S. The highest BCUT2D eigenvalue weighted by molar-refractivity contribution is 7.09. The van der Waals surface area contributed by atoms with E-state index in [1.54, 1.807) is 0 Å². The Morgan fingerprint density at radius 1 is 1.41 bits per heavy atom. The monoisotopic (exact) mass is 391 g/mol. The maximum absolute atomic E-state index is 12.1. The van der Waals surface area contributed by atoms with Gasteiger partial charge in [0.2, 0.25) is 5.91 Å². The first-order chi connectivity index (χ1) is 12.9. The highest BCUT2D eigenvalue weighted by Crippen LogP contribution is 2.35. The van der Waals surface area contributed by atoms with Gasteiger partial charge in [0.25, 0.3) is 0 Å². The lowest BCUT2D eigenvalue weighted by atomic mass is 10.0. The van der Waals surface area contributed by atoms with Gasteiger partial charge in [0.15, 0.2) is 5.82 Å². The van der Waals surface area contributed by atoms with Crippen molar-refractivity contribution in [2.75, 3.05) is 5.32 Å². The molecule has 8 nitrogen and oxygen atoms in total. The average molecular weight is 391 g/mol. The van der Waals surface area contributed by atoms with Crippen LogP contribution in [0.2, 0.25) is 0 Å². The van der Waals surface area contributed by atoms with Crippen molar-refractivity contribution in [2.24, 2.45) is 0 Å². The zero-order valence-corrected chi connectivity index (χ0v) is 16.6. The molecule has 0 aromatic carbocycles. The number of aryl methyl sites for hydroxylation is 1. The standard InChI is InChI=1S/C18H25N5O3S/c1-10(2)19-18(25)26-13-5-4-12(6-13)14-7-15(23-22-14)21-16(24)8-17-20-11(3)9-27-17/h7,9-10,12-13H,4-6,8H2,1-3H3,(H,19,25)(H2,21,22,23,24)/t12-,13+/m0/s1. The van der Waals surface area contributed by atoms with Gasteiger partial charge in [0.1, 0.15) is 11.1 Å². The van der Waals surface area contributed by atoms with Crippen LogP contribution in [-0.2, 0) is 16.0 Å². The van der Waals surface area contributed by atoms with E-state index in [4.69, 9.17) is 4.74 Å². The van der Waals surface area contributed by atoms with Gasteiger partial charge in [0.05, 0.1) is 6.42 Å². The third-order valence-electron chi connectivity index (χ3n) is 4.35. The molecule has 1 saturated carbocycles. The van der Waals surface area contributed by atoms with E-state index >= 15 is 0 Å². The molecule has 2 heterocycles. The number of nitrogens with one attached hydrogen (secondary N) is 3. The topological polar surface area (TPSA) is 109 Å². The summed E-state index contributed by atoms with van der Waals surface area (Å²) in [7, 11) is 0. The van der Waals surface area contributed by atoms with Gasteiger partial charge in [0, 0.05) is 34.8 Å². The molecule has 3 N–H and O–H groups in total. The summed E-state index contributed by atoms with van der Waals surface area (Å²) in [6.45, 7) is 5.70. The zero-order chi connectivity index (χ0) is 19.4. The number of carbonyl (C=O) groups excluding carboxylic acids is 2. The summed E-state index contributed by atoms with van der Waals surface area (Å²) < 4.78 is 5.45. The number of rotatable bonds is 6. The molecule has 2 aromatic heterocycles. The van der Waals surface area contributed by atoms with Crippen LogP contribution in [0.3, 0.4) is 0 Å². The summed E-state index contributed by atoms with van der Waals surface area (Å²) in [5.41, 5.74) is 1.87. The predicted molar refractivity (Wildman–Crippen MR) is 103 cm³/mol. The lowest BCUT2D eigenvalue weighted by molar-refractivity contribution is -0.115. The second-order valence-corrected chi connectivity index (χ2v) is 8.10. The Bertz CT molecular complexity index is 801. The first-order valence-electron chi connectivity index (χ1n) is 9.12. The van der Waals surface area contributed by atoms with Crippen molar-refractivity contribution in [2.45, 2.75) is 64.5 Å². The minimum absolute atomic E-state index is 0.0572. The number of thiazole rings is 1. The summed E-state index contributed by atoms with van der Waals surface area (Å²) in [5.74, 6) is 0.604. The number of nitrogens with zero attached hydrogens (tertiary/aromatic N) is 2. The molecule has 0 unspecified atom stereocenters. The van der Waals surface area contributed by atoms with E-state index in [1.165, 1.54) is 11.3 Å². The van der Waals surface area contributed by atoms with Crippen molar-refractivity contribution in [1.29, 1.82) is 0 Å². The van der Waals surface area contributed by atoms with Gasteiger partial charge in [-0.1, -0.05) is 0 Å². The van der Waals surface area contributed by atoms with Crippen molar-refractivity contribution in [1.82, 2.24) is 20.5 Å². The maximum Gasteiger partial charge on any atom is 0.407 e. The van der Waals surface area contributed by atoms with Gasteiger partial charge in [-0.2, -0.15) is 5.10 Å². The largest absolute Gasteiger partial charge is 0.446 e. The van der Waals surface area contributed by atoms with Crippen molar-refractivity contribution >= 4 is 29.2 Å². The van der Waals surface area contributed by atoms with Crippen LogP contribution in [0, 0.1) is 6.92 Å². The smallest absolute Gasteiger partial charge is 0.407 e. The molecule has 1 aliphatic rings. The van der Waals surface area contributed by atoms with Gasteiger partial charge >= 0.3 is 6.09 Å². The molecule has 3 rings (SSSR count). The van der Waals surface area contributed by atoms with E-state index in [0.717, 1.165) is 35.7 Å². The Morgan fingerprint density at radius 3 is 2.93 bits per heavy atom. The van der Waals surface area contributed by atoms with Gasteiger partial charge in [-0.25, -0.2) is 9.78 Å². The highest BCUT2D eigenvalue weighted by atomic mass is 32.1. The molecule has 0 bridgehead atoms. The van der Waals surface area contributed by atoms with Crippen molar-refractivity contribution in [3.8, 4) is 0 Å². The Balaban J connectivity index is 1.49. The Hall–Kier alpha value is -2.42. The molecule has 2 aromatic rings. The molecule has 1 aliphatic carbocycles. The number of aromatic amines is 1. The third kappa shape index (κ3) is 5.53. The predicted octanol–water partition coefficient (Wildman–Crippen LogP) is 3.13. The number of hydrogen-bond donors (Lipinski definition) is 3. The first kappa shape index (κ1) is 19.3. The molecule has 2 amide bonds. The van der Waals surface area contributed by atoms with Crippen molar-refractivity contribution in [3.05, 3.63) is 27.8 Å². The third-order valence-corrected chi connectivity index (χ3v) is 5.31. The fourth-order valence-corrected chi connectivity index (χ4v) is 3.94. The number of carbonyl (C=O) groups is 2. The van der Waals surface area contributed by atoms with Crippen LogP contribution in [0.5, 0.6) is 0 Å². The number of amides is 2. The Kier molecular flexibility index (Phi) is 6.10. The molecule has 146 valence electrons. The SMILES string of the molecule is Cc1csc(CC(=O)Nc2cc([C@H]3CC[C@@H](OC(=O)NC(C)C)C3)[nH]n2)n1. The van der Waals surface area contributed by atoms with Crippen LogP contribution in [-0.4, -0.2) is 39.3 Å². The lowest BCUT2D eigenvalue weighted by Crippen LogP contribution is -2.33. The van der Waals surface area contributed by atoms with Crippen LogP contribution < -0.4 is 10.6 Å². The molecule has 0 spiro atoms. The summed E-state index contributed by atoms with van der Waals surface area (Å²) in [6, 6.07) is 1.91. The first-order valence-corrected chi connectivity index (χ1v) is 10.0. The van der Waals surface area contributed by atoms with E-state index in [-0.39, 0.29) is 36.5 Å². The molecular weight excluding hydrogens is 366 g/mol. The molecule has 0 aliphatic heterocycles. The van der Waals surface area contributed by atoms with E-state index in [0.29, 0.717) is 5.82 Å². The molecule has 9 heteroatoms. The number of alkyl carbamates (subject to hydrolysis) is 1. The Morgan fingerprint density at radius 2 is 2.22 bits per heavy atom. The van der Waals surface area contributed by atoms with Crippen LogP contribution in [0.1, 0.15) is 55.4 Å². The van der Waals surface area contributed by atoms with Gasteiger partial charge in [-0.15, -0.1) is 11.3 Å². The lowest BCUT2D eigenvalue weighted by Gasteiger charge is -2.14. The van der Waals surface area contributed by atoms with Crippen LogP contribution >= 0.6 is 11.3 Å². The van der Waals surface area contributed by atoms with E-state index in [2.05, 4.69) is 25.8 Å². The van der Waals surface area contributed by atoms with Crippen LogP contribution in [0.4, 0.5) is 10.6 Å². The van der Waals surface area contributed by atoms with Gasteiger partial charge in [-0.3, -0.25) is 9.89 Å². The molecule has 0 radical (unpaired) electrons.